The molecule has 1 amide bonds. The lowest BCUT2D eigenvalue weighted by atomic mass is 9.98. The van der Waals surface area contributed by atoms with E-state index >= 15 is 0 Å². The van der Waals surface area contributed by atoms with Crippen molar-refractivity contribution in [2.45, 2.75) is 31.2 Å². The van der Waals surface area contributed by atoms with Crippen molar-refractivity contribution in [3.63, 3.8) is 0 Å². The van der Waals surface area contributed by atoms with Crippen LogP contribution in [-0.4, -0.2) is 69.1 Å². The van der Waals surface area contributed by atoms with Crippen molar-refractivity contribution in [1.82, 2.24) is 24.8 Å². The summed E-state index contributed by atoms with van der Waals surface area (Å²) in [7, 11) is 4.70. The number of aromatic nitrogens is 4. The van der Waals surface area contributed by atoms with Crippen molar-refractivity contribution in [3.8, 4) is 11.5 Å². The number of carbonyl (C=O) groups excluding carboxylic acids is 1. The molecule has 4 N–H and O–H groups in total. The molecule has 12 heteroatoms. The quantitative estimate of drug-likeness (QED) is 0.360. The number of aliphatic hydroxyl groups excluding tert-OH is 2. The second-order valence-electron chi connectivity index (χ2n) is 8.55. The van der Waals surface area contributed by atoms with E-state index in [2.05, 4.69) is 25.6 Å². The van der Waals surface area contributed by atoms with Crippen molar-refractivity contribution in [2.75, 3.05) is 26.6 Å². The highest BCUT2D eigenvalue weighted by molar-refractivity contribution is 6.28. The van der Waals surface area contributed by atoms with Crippen molar-refractivity contribution < 1.29 is 24.5 Å². The van der Waals surface area contributed by atoms with Gasteiger partial charge in [-0.05, 0) is 36.2 Å². The second-order valence-corrected chi connectivity index (χ2v) is 8.89. The topological polar surface area (TPSA) is 144 Å². The fraction of sp³-hybridized carbons (Fsp3) is 0.455. The molecule has 11 nitrogen and oxygen atoms in total. The van der Waals surface area contributed by atoms with Gasteiger partial charge in [0.2, 0.25) is 11.2 Å². The average Bonchev–Trinajstić information content (AvgIpc) is 3.39. The summed E-state index contributed by atoms with van der Waals surface area (Å²) in [6.45, 7) is 0.350. The van der Waals surface area contributed by atoms with Crippen LogP contribution in [0.25, 0.3) is 11.2 Å². The minimum atomic E-state index is -1.18. The molecular formula is C22H25ClN6O5. The van der Waals surface area contributed by atoms with Crippen LogP contribution in [0.2, 0.25) is 5.28 Å². The van der Waals surface area contributed by atoms with E-state index in [0.29, 0.717) is 41.4 Å². The highest BCUT2D eigenvalue weighted by Gasteiger charge is 2.75. The van der Waals surface area contributed by atoms with E-state index in [4.69, 9.17) is 21.1 Å². The minimum absolute atomic E-state index is 0.00393. The Kier molecular flexibility index (Phi) is 5.50. The molecular weight excluding hydrogens is 464 g/mol. The summed E-state index contributed by atoms with van der Waals surface area (Å²) in [5, 5.41) is 27.3. The number of benzene rings is 1. The Labute approximate surface area is 200 Å². The zero-order valence-electron chi connectivity index (χ0n) is 18.8. The zero-order valence-corrected chi connectivity index (χ0v) is 19.6. The molecule has 3 aromatic rings. The van der Waals surface area contributed by atoms with Crippen molar-refractivity contribution in [2.24, 2.45) is 11.3 Å². The lowest BCUT2D eigenvalue weighted by Crippen LogP contribution is -2.41. The maximum atomic E-state index is 12.5. The Hall–Kier alpha value is -3.15. The van der Waals surface area contributed by atoms with Gasteiger partial charge in [0.15, 0.2) is 17.0 Å². The first kappa shape index (κ1) is 22.6. The van der Waals surface area contributed by atoms with Crippen LogP contribution in [0, 0.1) is 11.3 Å². The lowest BCUT2D eigenvalue weighted by Gasteiger charge is -2.23. The number of nitrogens with one attached hydrogen (secondary N) is 2. The third-order valence-electron chi connectivity index (χ3n) is 6.97. The first-order chi connectivity index (χ1) is 16.3. The van der Waals surface area contributed by atoms with Gasteiger partial charge in [0, 0.05) is 25.1 Å². The van der Waals surface area contributed by atoms with Crippen molar-refractivity contribution >= 4 is 34.5 Å². The number of nitrogens with zero attached hydrogens (tertiary/aromatic N) is 4. The van der Waals surface area contributed by atoms with Gasteiger partial charge in [0.25, 0.3) is 0 Å². The summed E-state index contributed by atoms with van der Waals surface area (Å²) < 4.78 is 12.4. The van der Waals surface area contributed by atoms with E-state index in [0.717, 1.165) is 5.56 Å². The first-order valence-electron chi connectivity index (χ1n) is 10.8. The van der Waals surface area contributed by atoms with Gasteiger partial charge in [-0.2, -0.15) is 9.97 Å². The fourth-order valence-corrected chi connectivity index (χ4v) is 5.38. The van der Waals surface area contributed by atoms with Gasteiger partial charge in [-0.3, -0.25) is 4.79 Å². The summed E-state index contributed by atoms with van der Waals surface area (Å²) >= 11 is 6.24. The second kappa shape index (κ2) is 8.26. The van der Waals surface area contributed by atoms with E-state index in [1.807, 2.05) is 18.2 Å². The molecule has 2 aliphatic carbocycles. The standard InChI is InChI=1S/C22H25ClN6O5/c1-24-20(32)22-7-12(22)15(16(30)17(22)31)29-9-26-14-18(27-21(23)28-19(14)29)25-8-10-6-11(33-2)4-5-13(10)34-3/h4-6,9,12,15-17,30-31H,7-8H2,1-3H3,(H,24,32)(H,25,27,28)/t12-,15+,16+,17+,22+/m1/s1. The van der Waals surface area contributed by atoms with Crippen LogP contribution in [-0.2, 0) is 11.3 Å². The normalized spacial score (nSPS) is 27.4. The van der Waals surface area contributed by atoms with Crippen LogP contribution >= 0.6 is 11.6 Å². The third-order valence-corrected chi connectivity index (χ3v) is 7.14. The van der Waals surface area contributed by atoms with Crippen LogP contribution in [0.4, 0.5) is 5.82 Å². The van der Waals surface area contributed by atoms with Gasteiger partial charge in [0.05, 0.1) is 38.1 Å². The molecule has 2 aromatic heterocycles. The number of halogens is 1. The molecule has 2 aliphatic rings. The average molecular weight is 489 g/mol. The van der Waals surface area contributed by atoms with Crippen molar-refractivity contribution in [1.29, 1.82) is 0 Å². The van der Waals surface area contributed by atoms with Gasteiger partial charge in [0.1, 0.15) is 17.6 Å². The molecule has 2 saturated carbocycles. The number of methoxy groups -OCH3 is 2. The molecule has 0 aliphatic heterocycles. The SMILES string of the molecule is CNC(=O)[C@@]12C[C@@H]1[C@H](n1cnc3c(NCc4cc(OC)ccc4OC)nc(Cl)nc31)[C@H](O)[C@@H]2O. The fourth-order valence-electron chi connectivity index (χ4n) is 5.22. The van der Waals surface area contributed by atoms with Gasteiger partial charge < -0.3 is 34.9 Å². The number of imidazole rings is 1. The zero-order chi connectivity index (χ0) is 24.2. The van der Waals surface area contributed by atoms with Crippen LogP contribution in [0.5, 0.6) is 11.5 Å². The van der Waals surface area contributed by atoms with Crippen molar-refractivity contribution in [3.05, 3.63) is 35.4 Å². The minimum Gasteiger partial charge on any atom is -0.497 e. The molecule has 180 valence electrons. The maximum absolute atomic E-state index is 12.5. The molecule has 0 unspecified atom stereocenters. The molecule has 5 rings (SSSR count). The number of rotatable bonds is 7. The van der Waals surface area contributed by atoms with Crippen LogP contribution in [0.1, 0.15) is 18.0 Å². The lowest BCUT2D eigenvalue weighted by molar-refractivity contribution is -0.132. The van der Waals surface area contributed by atoms with Gasteiger partial charge in [-0.25, -0.2) is 4.98 Å². The van der Waals surface area contributed by atoms with Crippen LogP contribution in [0.3, 0.4) is 0 Å². The van der Waals surface area contributed by atoms with Gasteiger partial charge >= 0.3 is 0 Å². The molecule has 0 bridgehead atoms. The Morgan fingerprint density at radius 3 is 2.79 bits per heavy atom. The highest BCUT2D eigenvalue weighted by Crippen LogP contribution is 2.67. The maximum Gasteiger partial charge on any atom is 0.229 e. The van der Waals surface area contributed by atoms with Gasteiger partial charge in [-0.1, -0.05) is 0 Å². The molecule has 0 spiro atoms. The number of carbonyl (C=O) groups is 1. The number of amides is 1. The number of aliphatic hydroxyl groups is 2. The Bertz CT molecular complexity index is 1270. The van der Waals surface area contributed by atoms with E-state index in [9.17, 15) is 15.0 Å². The number of hydrogen-bond acceptors (Lipinski definition) is 9. The molecule has 0 saturated heterocycles. The number of anilines is 1. The summed E-state index contributed by atoms with van der Waals surface area (Å²) in [4.78, 5) is 25.5. The number of ether oxygens (including phenoxy) is 2. The molecule has 1 aromatic carbocycles. The molecule has 34 heavy (non-hydrogen) atoms. The smallest absolute Gasteiger partial charge is 0.229 e. The summed E-state index contributed by atoms with van der Waals surface area (Å²) in [6, 6.07) is 4.90. The molecule has 2 fully saturated rings. The summed E-state index contributed by atoms with van der Waals surface area (Å²) in [6.07, 6.45) is -0.337. The first-order valence-corrected chi connectivity index (χ1v) is 11.2. The van der Waals surface area contributed by atoms with Crippen LogP contribution < -0.4 is 20.1 Å². The Morgan fingerprint density at radius 1 is 1.29 bits per heavy atom. The summed E-state index contributed by atoms with van der Waals surface area (Å²) in [5.74, 6) is 1.24. The molecule has 2 heterocycles. The van der Waals surface area contributed by atoms with E-state index in [1.165, 1.54) is 13.4 Å². The molecule has 5 atom stereocenters. The monoisotopic (exact) mass is 488 g/mol. The molecule has 0 radical (unpaired) electrons. The Morgan fingerprint density at radius 2 is 2.09 bits per heavy atom. The van der Waals surface area contributed by atoms with E-state index in [1.54, 1.807) is 18.8 Å². The number of fused-ring (bicyclic) bond motifs is 2. The van der Waals surface area contributed by atoms with Gasteiger partial charge in [-0.15, -0.1) is 0 Å². The summed E-state index contributed by atoms with van der Waals surface area (Å²) in [5.41, 5.74) is 0.685. The third kappa shape index (κ3) is 3.26. The highest BCUT2D eigenvalue weighted by atomic mass is 35.5. The van der Waals surface area contributed by atoms with Crippen LogP contribution in [0.15, 0.2) is 24.5 Å². The Balaban J connectivity index is 1.48. The number of hydrogen-bond donors (Lipinski definition) is 4. The predicted molar refractivity (Wildman–Crippen MR) is 123 cm³/mol. The van der Waals surface area contributed by atoms with E-state index < -0.39 is 23.7 Å². The van der Waals surface area contributed by atoms with E-state index in [-0.39, 0.29) is 17.1 Å². The largest absolute Gasteiger partial charge is 0.497 e. The predicted octanol–water partition coefficient (Wildman–Crippen LogP) is 1.14.